The number of nitrogens with zero attached hydrogens (tertiary/aromatic N) is 3. The van der Waals surface area contributed by atoms with Crippen molar-refractivity contribution in [1.29, 1.82) is 0 Å². The highest BCUT2D eigenvalue weighted by Crippen LogP contribution is 2.59. The van der Waals surface area contributed by atoms with Gasteiger partial charge in [-0.15, -0.1) is 11.3 Å². The fraction of sp³-hybridized carbons (Fsp3) is 0.448. The van der Waals surface area contributed by atoms with Gasteiger partial charge in [0.25, 0.3) is 5.91 Å². The highest BCUT2D eigenvalue weighted by molar-refractivity contribution is 7.52. The SMILES string of the molecule is Cc1ccncc1C1CN(C(=O)[C@@H]2CC[C@@H]3CCC[C@H](NC(=O)c4cc5cc(C(F)(F)P(=O)(O)O)ccc5s4)C(=O)N32)C1. The summed E-state index contributed by atoms with van der Waals surface area (Å²) in [4.78, 5) is 66.5. The molecule has 0 saturated carbocycles. The predicted molar refractivity (Wildman–Crippen MR) is 155 cm³/mol. The lowest BCUT2D eigenvalue weighted by molar-refractivity contribution is -0.148. The molecule has 0 bridgehead atoms. The van der Waals surface area contributed by atoms with Crippen molar-refractivity contribution in [2.75, 3.05) is 13.1 Å². The number of aryl methyl sites for hydroxylation is 1. The Kier molecular flexibility index (Phi) is 7.65. The first-order valence-corrected chi connectivity index (χ1v) is 16.6. The smallest absolute Gasteiger partial charge is 0.340 e. The number of hydrogen-bond acceptors (Lipinski definition) is 6. The van der Waals surface area contributed by atoms with Crippen LogP contribution in [0.5, 0.6) is 0 Å². The summed E-state index contributed by atoms with van der Waals surface area (Å²) in [5.74, 6) is -0.715. The molecule has 3 fully saturated rings. The summed E-state index contributed by atoms with van der Waals surface area (Å²) < 4.78 is 40.2. The Hall–Kier alpha value is -3.25. The van der Waals surface area contributed by atoms with Gasteiger partial charge in [-0.25, -0.2) is 0 Å². The van der Waals surface area contributed by atoms with Crippen LogP contribution in [0, 0.1) is 6.92 Å². The number of amides is 3. The van der Waals surface area contributed by atoms with E-state index < -0.39 is 36.8 Å². The Labute approximate surface area is 250 Å². The van der Waals surface area contributed by atoms with Crippen molar-refractivity contribution >= 4 is 46.7 Å². The number of thiophene rings is 1. The van der Waals surface area contributed by atoms with Crippen LogP contribution in [0.2, 0.25) is 0 Å². The van der Waals surface area contributed by atoms with Crippen LogP contribution in [0.1, 0.15) is 64.4 Å². The maximum atomic E-state index is 14.2. The van der Waals surface area contributed by atoms with Crippen LogP contribution in [0.3, 0.4) is 0 Å². The lowest BCUT2D eigenvalue weighted by Crippen LogP contribution is -2.58. The largest absolute Gasteiger partial charge is 0.399 e. The fourth-order valence-electron chi connectivity index (χ4n) is 6.45. The van der Waals surface area contributed by atoms with Crippen molar-refractivity contribution in [3.63, 3.8) is 0 Å². The van der Waals surface area contributed by atoms with E-state index in [4.69, 9.17) is 9.79 Å². The van der Waals surface area contributed by atoms with Crippen molar-refractivity contribution in [1.82, 2.24) is 20.1 Å². The molecule has 43 heavy (non-hydrogen) atoms. The Bertz CT molecular complexity index is 1650. The zero-order valence-electron chi connectivity index (χ0n) is 23.3. The van der Waals surface area contributed by atoms with Gasteiger partial charge in [0, 0.05) is 47.7 Å². The van der Waals surface area contributed by atoms with Crippen molar-refractivity contribution < 1.29 is 37.5 Å². The molecular formula is C29H31F2N4O6PS. The van der Waals surface area contributed by atoms with Gasteiger partial charge in [0.2, 0.25) is 11.8 Å². The topological polar surface area (TPSA) is 140 Å². The van der Waals surface area contributed by atoms with Gasteiger partial charge < -0.3 is 24.9 Å². The van der Waals surface area contributed by atoms with Gasteiger partial charge in [-0.05, 0) is 79.8 Å². The van der Waals surface area contributed by atoms with E-state index >= 15 is 0 Å². The van der Waals surface area contributed by atoms with Crippen LogP contribution in [0.25, 0.3) is 10.1 Å². The van der Waals surface area contributed by atoms with E-state index in [0.717, 1.165) is 47.4 Å². The molecule has 3 aliphatic rings. The number of benzene rings is 1. The van der Waals surface area contributed by atoms with Gasteiger partial charge in [-0.3, -0.25) is 23.9 Å². The predicted octanol–water partition coefficient (Wildman–Crippen LogP) is 4.10. The summed E-state index contributed by atoms with van der Waals surface area (Å²) >= 11 is 1.02. The molecule has 1 aromatic carbocycles. The Morgan fingerprint density at radius 2 is 1.88 bits per heavy atom. The number of carbonyl (C=O) groups excluding carboxylic acids is 3. The van der Waals surface area contributed by atoms with Gasteiger partial charge in [0.15, 0.2) is 0 Å². The Morgan fingerprint density at radius 3 is 2.60 bits per heavy atom. The van der Waals surface area contributed by atoms with Crippen molar-refractivity contribution in [2.24, 2.45) is 0 Å². The zero-order chi connectivity index (χ0) is 30.7. The summed E-state index contributed by atoms with van der Waals surface area (Å²) in [5.41, 5.74) is -2.96. The van der Waals surface area contributed by atoms with Crippen LogP contribution < -0.4 is 5.32 Å². The monoisotopic (exact) mass is 632 g/mol. The van der Waals surface area contributed by atoms with Gasteiger partial charge >= 0.3 is 13.3 Å². The van der Waals surface area contributed by atoms with E-state index in [1.807, 2.05) is 19.2 Å². The number of alkyl halides is 2. The van der Waals surface area contributed by atoms with Gasteiger partial charge in [0.05, 0.1) is 4.88 Å². The quantitative estimate of drug-likeness (QED) is 0.348. The molecule has 0 radical (unpaired) electrons. The molecule has 228 valence electrons. The number of hydrogen-bond donors (Lipinski definition) is 3. The minimum absolute atomic E-state index is 0.0700. The molecule has 3 amide bonds. The first-order valence-electron chi connectivity index (χ1n) is 14.1. The molecule has 3 aliphatic heterocycles. The Morgan fingerprint density at radius 1 is 1.12 bits per heavy atom. The second kappa shape index (κ2) is 11.0. The van der Waals surface area contributed by atoms with E-state index in [0.29, 0.717) is 37.1 Å². The van der Waals surface area contributed by atoms with E-state index in [9.17, 15) is 27.7 Å². The van der Waals surface area contributed by atoms with Crippen molar-refractivity contribution in [3.05, 3.63) is 64.3 Å². The molecule has 10 nitrogen and oxygen atoms in total. The average Bonchev–Trinajstić information content (AvgIpc) is 3.52. The molecule has 14 heteroatoms. The highest BCUT2D eigenvalue weighted by atomic mass is 32.1. The molecule has 5 heterocycles. The van der Waals surface area contributed by atoms with E-state index in [2.05, 4.69) is 10.3 Å². The molecule has 3 atom stereocenters. The van der Waals surface area contributed by atoms with Gasteiger partial charge in [-0.1, -0.05) is 6.07 Å². The number of halogens is 2. The number of fused-ring (bicyclic) bond motifs is 2. The molecule has 2 aromatic heterocycles. The third-order valence-electron chi connectivity index (χ3n) is 8.84. The van der Waals surface area contributed by atoms with Crippen molar-refractivity contribution in [3.8, 4) is 0 Å². The van der Waals surface area contributed by atoms with Crippen LogP contribution in [-0.4, -0.2) is 73.5 Å². The average molecular weight is 633 g/mol. The summed E-state index contributed by atoms with van der Waals surface area (Å²) in [7, 11) is -5.74. The highest BCUT2D eigenvalue weighted by Gasteiger charge is 2.51. The van der Waals surface area contributed by atoms with E-state index in [1.165, 1.54) is 12.1 Å². The van der Waals surface area contributed by atoms with Crippen LogP contribution in [-0.2, 0) is 19.8 Å². The van der Waals surface area contributed by atoms with Crippen molar-refractivity contribution in [2.45, 2.75) is 68.7 Å². The molecule has 3 saturated heterocycles. The number of aromatic nitrogens is 1. The zero-order valence-corrected chi connectivity index (χ0v) is 25.0. The summed E-state index contributed by atoms with van der Waals surface area (Å²) in [6.45, 7) is 3.17. The summed E-state index contributed by atoms with van der Waals surface area (Å²) in [6, 6.07) is 5.00. The molecule has 0 aliphatic carbocycles. The number of rotatable bonds is 6. The lowest BCUT2D eigenvalue weighted by atomic mass is 9.89. The summed E-state index contributed by atoms with van der Waals surface area (Å²) in [5, 5.41) is 3.02. The normalized spacial score (nSPS) is 23.2. The van der Waals surface area contributed by atoms with E-state index in [-0.39, 0.29) is 34.0 Å². The lowest BCUT2D eigenvalue weighted by Gasteiger charge is -2.43. The van der Waals surface area contributed by atoms with Gasteiger partial charge in [-0.2, -0.15) is 8.78 Å². The first-order chi connectivity index (χ1) is 20.3. The Balaban J connectivity index is 1.15. The third-order valence-corrected chi connectivity index (χ3v) is 10.9. The summed E-state index contributed by atoms with van der Waals surface area (Å²) in [6.07, 6.45) is 6.71. The number of nitrogens with one attached hydrogen (secondary N) is 1. The number of pyridine rings is 1. The standard InChI is InChI=1S/C29H31F2N4O6PS/c1-16-9-10-32-13-21(16)18-14-34(15-18)28(38)23-7-6-20-3-2-4-22(27(37)35(20)23)33-26(36)25-12-17-11-19(5-8-24(17)43-25)29(30,31)42(39,40)41/h5,8-13,18,20,22-23H,2-4,6-7,14-15H2,1H3,(H,33,36)(H2,39,40,41)/t20-,22-,23-/m0/s1. The first kappa shape index (κ1) is 29.8. The molecule has 3 N–H and O–H groups in total. The molecule has 0 unspecified atom stereocenters. The van der Waals surface area contributed by atoms with Gasteiger partial charge in [0.1, 0.15) is 12.1 Å². The fourth-order valence-corrected chi connectivity index (χ4v) is 7.87. The maximum absolute atomic E-state index is 14.2. The molecule has 3 aromatic rings. The maximum Gasteiger partial charge on any atom is 0.399 e. The van der Waals surface area contributed by atoms with Crippen LogP contribution in [0.15, 0.2) is 42.7 Å². The number of carbonyl (C=O) groups is 3. The minimum atomic E-state index is -5.74. The van der Waals surface area contributed by atoms with Crippen LogP contribution >= 0.6 is 18.9 Å². The minimum Gasteiger partial charge on any atom is -0.340 e. The number of likely N-dealkylation sites (tertiary alicyclic amines) is 1. The molecule has 0 spiro atoms. The second-order valence-electron chi connectivity index (χ2n) is 11.6. The second-order valence-corrected chi connectivity index (χ2v) is 14.3. The van der Waals surface area contributed by atoms with Crippen LogP contribution in [0.4, 0.5) is 8.78 Å². The molecule has 6 rings (SSSR count). The third kappa shape index (κ3) is 5.37. The van der Waals surface area contributed by atoms with E-state index in [1.54, 1.807) is 16.0 Å². The molecular weight excluding hydrogens is 601 g/mol.